The molecule has 0 spiro atoms. The maximum absolute atomic E-state index is 12.0. The fourth-order valence-electron chi connectivity index (χ4n) is 2.57. The Kier molecular flexibility index (Phi) is 5.43. The van der Waals surface area contributed by atoms with Crippen molar-refractivity contribution in [1.82, 2.24) is 9.96 Å². The highest BCUT2D eigenvalue weighted by Gasteiger charge is 2.20. The topological polar surface area (TPSA) is 32.8 Å². The Hall–Kier alpha value is -1.69. The molecule has 2 aromatic carbocycles. The number of carbonyl (C=O) groups is 1. The first-order valence-electron chi connectivity index (χ1n) is 7.70. The molecule has 4 nitrogen and oxygen atoms in total. The number of nitrogens with zero attached hydrogens (tertiary/aromatic N) is 2. The van der Waals surface area contributed by atoms with Crippen molar-refractivity contribution in [2.75, 3.05) is 26.2 Å². The Morgan fingerprint density at radius 3 is 2.26 bits per heavy atom. The first-order chi connectivity index (χ1) is 11.2. The summed E-state index contributed by atoms with van der Waals surface area (Å²) in [6.45, 7) is 4.16. The molecule has 0 radical (unpaired) electrons. The van der Waals surface area contributed by atoms with Gasteiger partial charge in [0.25, 0.3) is 0 Å². The zero-order chi connectivity index (χ0) is 16.1. The normalized spacial score (nSPS) is 16.2. The predicted octanol–water partition coefficient (Wildman–Crippen LogP) is 3.34. The highest BCUT2D eigenvalue weighted by atomic mass is 79.9. The highest BCUT2D eigenvalue weighted by Crippen LogP contribution is 2.14. The predicted molar refractivity (Wildman–Crippen MR) is 92.8 cm³/mol. The molecule has 1 fully saturated rings. The van der Waals surface area contributed by atoms with E-state index in [0.29, 0.717) is 5.56 Å². The van der Waals surface area contributed by atoms with Gasteiger partial charge in [-0.2, -0.15) is 0 Å². The summed E-state index contributed by atoms with van der Waals surface area (Å²) in [5.74, 6) is -0.285. The molecule has 3 rings (SSSR count). The Labute approximate surface area is 144 Å². The minimum absolute atomic E-state index is 0.285. The van der Waals surface area contributed by atoms with Crippen LogP contribution in [0.4, 0.5) is 0 Å². The number of piperazine rings is 1. The lowest BCUT2D eigenvalue weighted by Crippen LogP contribution is -2.46. The highest BCUT2D eigenvalue weighted by molar-refractivity contribution is 9.10. The number of hydrogen-bond donors (Lipinski definition) is 0. The molecule has 1 aliphatic rings. The molecule has 0 bridgehead atoms. The largest absolute Gasteiger partial charge is 0.364 e. The molecule has 0 unspecified atom stereocenters. The lowest BCUT2D eigenvalue weighted by atomic mass is 10.2. The maximum Gasteiger partial charge on any atom is 0.357 e. The minimum Gasteiger partial charge on any atom is -0.364 e. The van der Waals surface area contributed by atoms with Gasteiger partial charge in [-0.15, -0.1) is 5.06 Å². The standard InChI is InChI=1S/C18H19BrN2O2/c19-17-8-6-15(7-9-17)14-20-10-12-21(13-11-20)23-18(22)16-4-2-1-3-5-16/h1-9H,10-14H2. The number of hydroxylamine groups is 2. The van der Waals surface area contributed by atoms with Gasteiger partial charge in [0.1, 0.15) is 0 Å². The smallest absolute Gasteiger partial charge is 0.357 e. The number of carbonyl (C=O) groups excluding carboxylic acids is 1. The molecular formula is C18H19BrN2O2. The number of benzene rings is 2. The van der Waals surface area contributed by atoms with Crippen LogP contribution in [0.25, 0.3) is 0 Å². The van der Waals surface area contributed by atoms with Gasteiger partial charge >= 0.3 is 5.97 Å². The molecule has 1 saturated heterocycles. The molecule has 1 aliphatic heterocycles. The second-order valence-electron chi connectivity index (χ2n) is 5.58. The molecule has 0 aliphatic carbocycles. The van der Waals surface area contributed by atoms with Gasteiger partial charge in [-0.3, -0.25) is 4.90 Å². The van der Waals surface area contributed by atoms with Gasteiger partial charge in [-0.25, -0.2) is 4.79 Å². The van der Waals surface area contributed by atoms with Crippen LogP contribution in [0.15, 0.2) is 59.1 Å². The van der Waals surface area contributed by atoms with E-state index in [4.69, 9.17) is 4.84 Å². The van der Waals surface area contributed by atoms with Crippen LogP contribution in [-0.4, -0.2) is 42.1 Å². The summed E-state index contributed by atoms with van der Waals surface area (Å²) in [6.07, 6.45) is 0. The molecule has 23 heavy (non-hydrogen) atoms. The van der Waals surface area contributed by atoms with E-state index in [1.165, 1.54) is 5.56 Å². The van der Waals surface area contributed by atoms with Gasteiger partial charge in [-0.05, 0) is 29.8 Å². The molecule has 2 aromatic rings. The second-order valence-corrected chi connectivity index (χ2v) is 6.49. The van der Waals surface area contributed by atoms with Crippen LogP contribution in [0.3, 0.4) is 0 Å². The van der Waals surface area contributed by atoms with Crippen molar-refractivity contribution < 1.29 is 9.63 Å². The summed E-state index contributed by atoms with van der Waals surface area (Å²) in [5, 5.41) is 1.76. The molecule has 0 atom stereocenters. The van der Waals surface area contributed by atoms with E-state index in [1.54, 1.807) is 17.2 Å². The maximum atomic E-state index is 12.0. The molecule has 1 heterocycles. The third kappa shape index (κ3) is 4.64. The van der Waals surface area contributed by atoms with Crippen LogP contribution >= 0.6 is 15.9 Å². The quantitative estimate of drug-likeness (QED) is 0.821. The van der Waals surface area contributed by atoms with Crippen LogP contribution in [0.2, 0.25) is 0 Å². The van der Waals surface area contributed by atoms with E-state index in [2.05, 4.69) is 45.1 Å². The average molecular weight is 375 g/mol. The summed E-state index contributed by atoms with van der Waals surface area (Å²) in [6, 6.07) is 17.5. The van der Waals surface area contributed by atoms with Gasteiger partial charge in [-0.1, -0.05) is 46.3 Å². The Morgan fingerprint density at radius 2 is 1.61 bits per heavy atom. The van der Waals surface area contributed by atoms with Crippen LogP contribution in [0.1, 0.15) is 15.9 Å². The first kappa shape index (κ1) is 16.2. The molecule has 0 N–H and O–H groups in total. The SMILES string of the molecule is O=C(ON1CCN(Cc2ccc(Br)cc2)CC1)c1ccccc1. The third-order valence-electron chi connectivity index (χ3n) is 3.87. The summed E-state index contributed by atoms with van der Waals surface area (Å²) in [4.78, 5) is 19.9. The Morgan fingerprint density at radius 1 is 0.957 bits per heavy atom. The van der Waals surface area contributed by atoms with Crippen molar-refractivity contribution in [3.63, 3.8) is 0 Å². The molecule has 0 saturated carbocycles. The molecular weight excluding hydrogens is 356 g/mol. The summed E-state index contributed by atoms with van der Waals surface area (Å²) in [5.41, 5.74) is 1.88. The van der Waals surface area contributed by atoms with Gasteiger partial charge < -0.3 is 4.84 Å². The zero-order valence-corrected chi connectivity index (χ0v) is 14.4. The van der Waals surface area contributed by atoms with Crippen LogP contribution in [-0.2, 0) is 11.4 Å². The molecule has 0 aromatic heterocycles. The van der Waals surface area contributed by atoms with Crippen molar-refractivity contribution in [3.8, 4) is 0 Å². The summed E-state index contributed by atoms with van der Waals surface area (Å²) >= 11 is 3.45. The summed E-state index contributed by atoms with van der Waals surface area (Å²) in [7, 11) is 0. The average Bonchev–Trinajstić information content (AvgIpc) is 2.59. The van der Waals surface area contributed by atoms with Crippen molar-refractivity contribution in [2.45, 2.75) is 6.54 Å². The van der Waals surface area contributed by atoms with Crippen LogP contribution < -0.4 is 0 Å². The summed E-state index contributed by atoms with van der Waals surface area (Å²) < 4.78 is 1.10. The fraction of sp³-hybridized carbons (Fsp3) is 0.278. The third-order valence-corrected chi connectivity index (χ3v) is 4.40. The van der Waals surface area contributed by atoms with E-state index in [9.17, 15) is 4.79 Å². The van der Waals surface area contributed by atoms with E-state index in [-0.39, 0.29) is 5.97 Å². The van der Waals surface area contributed by atoms with Crippen LogP contribution in [0, 0.1) is 0 Å². The van der Waals surface area contributed by atoms with Gasteiger partial charge in [0.05, 0.1) is 5.56 Å². The first-order valence-corrected chi connectivity index (χ1v) is 8.49. The van der Waals surface area contributed by atoms with E-state index < -0.39 is 0 Å². The van der Waals surface area contributed by atoms with E-state index in [0.717, 1.165) is 37.2 Å². The fourth-order valence-corrected chi connectivity index (χ4v) is 2.84. The number of halogens is 1. The lowest BCUT2D eigenvalue weighted by molar-refractivity contribution is -0.130. The number of hydrogen-bond acceptors (Lipinski definition) is 4. The van der Waals surface area contributed by atoms with Crippen LogP contribution in [0.5, 0.6) is 0 Å². The minimum atomic E-state index is -0.285. The van der Waals surface area contributed by atoms with Gasteiger partial charge in [0.2, 0.25) is 0 Å². The lowest BCUT2D eigenvalue weighted by Gasteiger charge is -2.33. The molecule has 5 heteroatoms. The second kappa shape index (κ2) is 7.73. The van der Waals surface area contributed by atoms with Gasteiger partial charge in [0, 0.05) is 37.2 Å². The van der Waals surface area contributed by atoms with Crippen molar-refractivity contribution in [3.05, 3.63) is 70.2 Å². The zero-order valence-electron chi connectivity index (χ0n) is 12.8. The number of rotatable bonds is 4. The molecule has 0 amide bonds. The van der Waals surface area contributed by atoms with E-state index in [1.807, 2.05) is 18.2 Å². The Balaban J connectivity index is 1.47. The van der Waals surface area contributed by atoms with Crippen molar-refractivity contribution in [1.29, 1.82) is 0 Å². The molecule has 120 valence electrons. The van der Waals surface area contributed by atoms with Crippen molar-refractivity contribution >= 4 is 21.9 Å². The van der Waals surface area contributed by atoms with Crippen molar-refractivity contribution in [2.24, 2.45) is 0 Å². The van der Waals surface area contributed by atoms with Gasteiger partial charge in [0.15, 0.2) is 0 Å². The Bertz CT molecular complexity index is 638. The van der Waals surface area contributed by atoms with E-state index >= 15 is 0 Å². The monoisotopic (exact) mass is 374 g/mol.